The van der Waals surface area contributed by atoms with Crippen LogP contribution < -0.4 is 5.32 Å². The van der Waals surface area contributed by atoms with Crippen molar-refractivity contribution in [3.63, 3.8) is 0 Å². The predicted molar refractivity (Wildman–Crippen MR) is 69.0 cm³/mol. The average molecular weight is 264 g/mol. The molecule has 5 heteroatoms. The molecular formula is C14H14F2N2O. The van der Waals surface area contributed by atoms with Gasteiger partial charge in [0.15, 0.2) is 0 Å². The normalized spacial score (nSPS) is 10.5. The molecule has 3 nitrogen and oxygen atoms in total. The molecular weight excluding hydrogens is 250 g/mol. The van der Waals surface area contributed by atoms with Crippen LogP contribution in [0.5, 0.6) is 0 Å². The van der Waals surface area contributed by atoms with E-state index < -0.39 is 23.2 Å². The monoisotopic (exact) mass is 264 g/mol. The standard InChI is InChI=1S/C14H14F2N2O/c1-8-6-10(9(2)17-8)7-13(19)18-14-11(15)4-3-5-12(14)16/h3-6,17H,7H2,1-2H3,(H,18,19). The Hall–Kier alpha value is -2.17. The quantitative estimate of drug-likeness (QED) is 0.879. The van der Waals surface area contributed by atoms with Gasteiger partial charge in [0.2, 0.25) is 5.91 Å². The number of aromatic nitrogens is 1. The first-order valence-corrected chi connectivity index (χ1v) is 5.86. The molecule has 0 fully saturated rings. The van der Waals surface area contributed by atoms with Crippen LogP contribution in [0.2, 0.25) is 0 Å². The summed E-state index contributed by atoms with van der Waals surface area (Å²) in [6, 6.07) is 5.29. The zero-order valence-electron chi connectivity index (χ0n) is 10.7. The first-order valence-electron chi connectivity index (χ1n) is 5.86. The van der Waals surface area contributed by atoms with Crippen molar-refractivity contribution in [2.45, 2.75) is 20.3 Å². The van der Waals surface area contributed by atoms with Gasteiger partial charge in [0, 0.05) is 11.4 Å². The molecule has 1 aromatic heterocycles. The summed E-state index contributed by atoms with van der Waals surface area (Å²) in [6.45, 7) is 3.73. The summed E-state index contributed by atoms with van der Waals surface area (Å²) in [7, 11) is 0. The van der Waals surface area contributed by atoms with Crippen LogP contribution >= 0.6 is 0 Å². The maximum absolute atomic E-state index is 13.4. The summed E-state index contributed by atoms with van der Waals surface area (Å²) >= 11 is 0. The minimum Gasteiger partial charge on any atom is -0.362 e. The Balaban J connectivity index is 2.12. The second-order valence-corrected chi connectivity index (χ2v) is 4.42. The Labute approximate surface area is 109 Å². The van der Waals surface area contributed by atoms with Crippen LogP contribution in [-0.4, -0.2) is 10.9 Å². The molecule has 19 heavy (non-hydrogen) atoms. The molecule has 0 saturated carbocycles. The molecule has 1 aromatic carbocycles. The van der Waals surface area contributed by atoms with Crippen LogP contribution in [0.4, 0.5) is 14.5 Å². The van der Waals surface area contributed by atoms with Crippen LogP contribution in [0, 0.1) is 25.5 Å². The van der Waals surface area contributed by atoms with E-state index in [9.17, 15) is 13.6 Å². The number of aryl methyl sites for hydroxylation is 2. The number of carbonyl (C=O) groups excluding carboxylic acids is 1. The molecule has 0 unspecified atom stereocenters. The molecule has 1 heterocycles. The Morgan fingerprint density at radius 2 is 1.89 bits per heavy atom. The highest BCUT2D eigenvalue weighted by atomic mass is 19.1. The van der Waals surface area contributed by atoms with E-state index in [1.807, 2.05) is 19.9 Å². The number of rotatable bonds is 3. The van der Waals surface area contributed by atoms with Crippen molar-refractivity contribution in [2.24, 2.45) is 0 Å². The summed E-state index contributed by atoms with van der Waals surface area (Å²) in [5, 5.41) is 2.26. The van der Waals surface area contributed by atoms with Gasteiger partial charge < -0.3 is 10.3 Å². The Kier molecular flexibility index (Phi) is 3.64. The van der Waals surface area contributed by atoms with Gasteiger partial charge in [-0.15, -0.1) is 0 Å². The minimum absolute atomic E-state index is 0.0734. The second-order valence-electron chi connectivity index (χ2n) is 4.42. The number of hydrogen-bond donors (Lipinski definition) is 2. The molecule has 1 amide bonds. The molecule has 0 aliphatic rings. The Morgan fingerprint density at radius 1 is 1.26 bits per heavy atom. The molecule has 2 rings (SSSR count). The van der Waals surface area contributed by atoms with Crippen molar-refractivity contribution in [3.8, 4) is 0 Å². The lowest BCUT2D eigenvalue weighted by molar-refractivity contribution is -0.115. The molecule has 0 bridgehead atoms. The number of H-pyrrole nitrogens is 1. The maximum atomic E-state index is 13.4. The fraction of sp³-hybridized carbons (Fsp3) is 0.214. The highest BCUT2D eigenvalue weighted by Crippen LogP contribution is 2.18. The number of amides is 1. The van der Waals surface area contributed by atoms with Crippen molar-refractivity contribution >= 4 is 11.6 Å². The van der Waals surface area contributed by atoms with Crippen molar-refractivity contribution in [2.75, 3.05) is 5.32 Å². The summed E-state index contributed by atoms with van der Waals surface area (Å²) in [5.41, 5.74) is 2.23. The van der Waals surface area contributed by atoms with Gasteiger partial charge in [0.1, 0.15) is 17.3 Å². The molecule has 100 valence electrons. The zero-order valence-corrected chi connectivity index (χ0v) is 10.7. The first-order chi connectivity index (χ1) is 8.97. The van der Waals surface area contributed by atoms with E-state index in [2.05, 4.69) is 10.3 Å². The number of para-hydroxylation sites is 1. The lowest BCUT2D eigenvalue weighted by Gasteiger charge is -2.07. The molecule has 0 spiro atoms. The summed E-state index contributed by atoms with van der Waals surface area (Å²) in [5.74, 6) is -2.02. The van der Waals surface area contributed by atoms with Crippen LogP contribution in [0.25, 0.3) is 0 Å². The van der Waals surface area contributed by atoms with Gasteiger partial charge in [0.25, 0.3) is 0 Å². The van der Waals surface area contributed by atoms with Crippen LogP contribution in [-0.2, 0) is 11.2 Å². The SMILES string of the molecule is Cc1cc(CC(=O)Nc2c(F)cccc2F)c(C)[nH]1. The molecule has 2 aromatic rings. The molecule has 0 atom stereocenters. The third-order valence-electron chi connectivity index (χ3n) is 2.84. The molecule has 0 saturated heterocycles. The van der Waals surface area contributed by atoms with E-state index in [0.29, 0.717) is 0 Å². The third-order valence-corrected chi connectivity index (χ3v) is 2.84. The highest BCUT2D eigenvalue weighted by molar-refractivity contribution is 5.92. The van der Waals surface area contributed by atoms with Crippen molar-refractivity contribution in [3.05, 3.63) is 52.9 Å². The summed E-state index contributed by atoms with van der Waals surface area (Å²) in [4.78, 5) is 14.9. The Bertz CT molecular complexity index is 600. The fourth-order valence-corrected chi connectivity index (χ4v) is 1.94. The lowest BCUT2D eigenvalue weighted by atomic mass is 10.1. The molecule has 0 aliphatic carbocycles. The van der Waals surface area contributed by atoms with E-state index in [4.69, 9.17) is 0 Å². The first kappa shape index (κ1) is 13.3. The Morgan fingerprint density at radius 3 is 2.42 bits per heavy atom. The summed E-state index contributed by atoms with van der Waals surface area (Å²) < 4.78 is 26.7. The number of carbonyl (C=O) groups is 1. The fourth-order valence-electron chi connectivity index (χ4n) is 1.94. The highest BCUT2D eigenvalue weighted by Gasteiger charge is 2.13. The average Bonchev–Trinajstić information content (AvgIpc) is 2.63. The van der Waals surface area contributed by atoms with E-state index >= 15 is 0 Å². The molecule has 0 radical (unpaired) electrons. The van der Waals surface area contributed by atoms with Gasteiger partial charge in [-0.2, -0.15) is 0 Å². The number of hydrogen-bond acceptors (Lipinski definition) is 1. The number of nitrogens with one attached hydrogen (secondary N) is 2. The van der Waals surface area contributed by atoms with Gasteiger partial charge >= 0.3 is 0 Å². The zero-order chi connectivity index (χ0) is 14.0. The van der Waals surface area contributed by atoms with Crippen molar-refractivity contribution < 1.29 is 13.6 Å². The van der Waals surface area contributed by atoms with Crippen LogP contribution in [0.15, 0.2) is 24.3 Å². The smallest absolute Gasteiger partial charge is 0.229 e. The number of halogens is 2. The van der Waals surface area contributed by atoms with Gasteiger partial charge in [-0.25, -0.2) is 8.78 Å². The summed E-state index contributed by atoms with van der Waals surface area (Å²) in [6.07, 6.45) is 0.0734. The van der Waals surface area contributed by atoms with Gasteiger partial charge in [0.05, 0.1) is 6.42 Å². The van der Waals surface area contributed by atoms with E-state index in [1.165, 1.54) is 6.07 Å². The molecule has 0 aliphatic heterocycles. The van der Waals surface area contributed by atoms with Gasteiger partial charge in [-0.1, -0.05) is 6.07 Å². The van der Waals surface area contributed by atoms with Gasteiger partial charge in [-0.05, 0) is 37.6 Å². The third kappa shape index (κ3) is 2.99. The lowest BCUT2D eigenvalue weighted by Crippen LogP contribution is -2.16. The van der Waals surface area contributed by atoms with E-state index in [0.717, 1.165) is 29.1 Å². The number of aromatic amines is 1. The van der Waals surface area contributed by atoms with Crippen LogP contribution in [0.3, 0.4) is 0 Å². The number of benzene rings is 1. The van der Waals surface area contributed by atoms with E-state index in [1.54, 1.807) is 0 Å². The minimum atomic E-state index is -0.782. The van der Waals surface area contributed by atoms with E-state index in [-0.39, 0.29) is 6.42 Å². The van der Waals surface area contributed by atoms with Crippen molar-refractivity contribution in [1.82, 2.24) is 4.98 Å². The second kappa shape index (κ2) is 5.22. The predicted octanol–water partition coefficient (Wildman–Crippen LogP) is 3.09. The topological polar surface area (TPSA) is 44.9 Å². The van der Waals surface area contributed by atoms with Gasteiger partial charge in [-0.3, -0.25) is 4.79 Å². The van der Waals surface area contributed by atoms with Crippen LogP contribution in [0.1, 0.15) is 17.0 Å². The van der Waals surface area contributed by atoms with Crippen molar-refractivity contribution in [1.29, 1.82) is 0 Å². The number of anilines is 1. The maximum Gasteiger partial charge on any atom is 0.229 e. The molecule has 2 N–H and O–H groups in total. The largest absolute Gasteiger partial charge is 0.362 e.